The lowest BCUT2D eigenvalue weighted by atomic mass is 9.83. The molecule has 204 valence electrons. The van der Waals surface area contributed by atoms with Crippen LogP contribution in [0, 0.1) is 5.41 Å². The largest absolute Gasteiger partial charge is 0.507 e. The van der Waals surface area contributed by atoms with Gasteiger partial charge in [-0.05, 0) is 38.4 Å². The molecule has 3 heterocycles. The predicted molar refractivity (Wildman–Crippen MR) is 158 cm³/mol. The number of phenols is 1. The summed E-state index contributed by atoms with van der Waals surface area (Å²) in [4.78, 5) is 23.5. The number of unbranched alkanes of at least 4 members (excludes halogenated alkanes) is 2. The van der Waals surface area contributed by atoms with Crippen LogP contribution in [-0.4, -0.2) is 89.7 Å². The molecule has 0 aromatic heterocycles. The van der Waals surface area contributed by atoms with Crippen LogP contribution < -0.4 is 0 Å². The molecule has 5 atom stereocenters. The van der Waals surface area contributed by atoms with Crippen LogP contribution in [0.4, 0.5) is 0 Å². The molecule has 10 heteroatoms. The highest BCUT2D eigenvalue weighted by Gasteiger charge is 2.50. The number of hydrogen-bond acceptors (Lipinski definition) is 9. The van der Waals surface area contributed by atoms with E-state index in [9.17, 15) is 20.1 Å². The molecule has 3 aliphatic heterocycles. The van der Waals surface area contributed by atoms with E-state index in [-0.39, 0.29) is 17.5 Å². The molecule has 4 rings (SSSR count). The van der Waals surface area contributed by atoms with Crippen molar-refractivity contribution in [2.45, 2.75) is 82.5 Å². The van der Waals surface area contributed by atoms with Crippen LogP contribution in [0.2, 0.25) is 0 Å². The number of hydrogen-bond donors (Lipinski definition) is 3. The molecule has 1 aromatic carbocycles. The monoisotopic (exact) mass is 565 g/mol. The zero-order valence-corrected chi connectivity index (χ0v) is 24.8. The summed E-state index contributed by atoms with van der Waals surface area (Å²) in [6.45, 7) is 7.75. The van der Waals surface area contributed by atoms with Gasteiger partial charge in [0.15, 0.2) is 5.54 Å². The molecule has 0 bridgehead atoms. The van der Waals surface area contributed by atoms with Gasteiger partial charge < -0.3 is 15.3 Å². The molecule has 1 unspecified atom stereocenters. The number of carbonyl (C=O) groups is 1. The predicted octanol–water partition coefficient (Wildman–Crippen LogP) is 4.74. The number of aromatic hydroxyl groups is 1. The molecular weight excluding hydrogens is 527 g/mol. The Hall–Kier alpha value is -1.20. The lowest BCUT2D eigenvalue weighted by Gasteiger charge is -2.38. The highest BCUT2D eigenvalue weighted by Crippen LogP contribution is 2.44. The quantitative estimate of drug-likeness (QED) is 0.350. The third-order valence-electron chi connectivity index (χ3n) is 7.71. The van der Waals surface area contributed by atoms with Gasteiger partial charge in [-0.2, -0.15) is 0 Å². The van der Waals surface area contributed by atoms with Gasteiger partial charge in [0.05, 0.1) is 28.1 Å². The molecule has 37 heavy (non-hydrogen) atoms. The maximum Gasteiger partial charge on any atom is 0.332 e. The van der Waals surface area contributed by atoms with Crippen LogP contribution in [0.3, 0.4) is 0 Å². The van der Waals surface area contributed by atoms with Gasteiger partial charge in [-0.1, -0.05) is 45.7 Å². The van der Waals surface area contributed by atoms with Crippen LogP contribution >= 0.6 is 35.3 Å². The van der Waals surface area contributed by atoms with Crippen molar-refractivity contribution in [2.75, 3.05) is 24.3 Å². The lowest BCUT2D eigenvalue weighted by Crippen LogP contribution is -2.51. The Bertz CT molecular complexity index is 1080. The number of carboxylic acid groups (broad SMARTS) is 1. The van der Waals surface area contributed by atoms with Gasteiger partial charge in [0.25, 0.3) is 0 Å². The molecule has 3 aliphatic rings. The number of rotatable bonds is 10. The number of aliphatic imine (C=N–C) groups is 2. The molecule has 3 N–H and O–H groups in total. The van der Waals surface area contributed by atoms with Crippen molar-refractivity contribution in [3.8, 4) is 5.75 Å². The van der Waals surface area contributed by atoms with Crippen molar-refractivity contribution in [1.29, 1.82) is 0 Å². The summed E-state index contributed by atoms with van der Waals surface area (Å²) in [6, 6.07) is 5.73. The Kier molecular flexibility index (Phi) is 8.95. The third kappa shape index (κ3) is 5.73. The van der Waals surface area contributed by atoms with E-state index in [1.54, 1.807) is 24.8 Å². The second-order valence-corrected chi connectivity index (χ2v) is 14.1. The van der Waals surface area contributed by atoms with Gasteiger partial charge in [0, 0.05) is 28.7 Å². The summed E-state index contributed by atoms with van der Waals surface area (Å²) >= 11 is 4.96. The number of carboxylic acids is 1. The van der Waals surface area contributed by atoms with Crippen molar-refractivity contribution >= 4 is 51.3 Å². The van der Waals surface area contributed by atoms with E-state index in [1.165, 1.54) is 18.2 Å². The smallest absolute Gasteiger partial charge is 0.332 e. The van der Waals surface area contributed by atoms with Gasteiger partial charge in [0.1, 0.15) is 10.8 Å². The minimum Gasteiger partial charge on any atom is -0.507 e. The van der Waals surface area contributed by atoms with Crippen molar-refractivity contribution in [1.82, 2.24) is 4.90 Å². The molecule has 0 saturated carbocycles. The minimum atomic E-state index is -1.14. The Morgan fingerprint density at radius 1 is 1.27 bits per heavy atom. The van der Waals surface area contributed by atoms with Gasteiger partial charge in [-0.3, -0.25) is 14.9 Å². The zero-order valence-electron chi connectivity index (χ0n) is 22.3. The van der Waals surface area contributed by atoms with Crippen LogP contribution in [0.5, 0.6) is 5.75 Å². The topological polar surface area (TPSA) is 106 Å². The average molecular weight is 566 g/mol. The second-order valence-electron chi connectivity index (χ2n) is 11.0. The second kappa shape index (κ2) is 11.5. The van der Waals surface area contributed by atoms with E-state index in [0.29, 0.717) is 16.5 Å². The van der Waals surface area contributed by atoms with E-state index in [4.69, 9.17) is 4.99 Å². The normalized spacial score (nSPS) is 29.4. The molecule has 1 aromatic rings. The number of likely N-dealkylation sites (N-methyl/N-ethyl adjacent to an activating group) is 1. The summed E-state index contributed by atoms with van der Waals surface area (Å²) < 4.78 is 0. The first-order chi connectivity index (χ1) is 17.5. The maximum absolute atomic E-state index is 11.7. The fourth-order valence-electron chi connectivity index (χ4n) is 5.14. The van der Waals surface area contributed by atoms with Crippen LogP contribution in [-0.2, 0) is 11.2 Å². The number of aryl methyl sites for hydroxylation is 1. The Morgan fingerprint density at radius 3 is 2.70 bits per heavy atom. The SMILES string of the molecule is CCCCCc1cccc(O)c1C1=N[C@@H](C2SC[C@@H]([C@@H](O)C(C)(C)C3=N[C@@](C)(C(=O)O)CS3)N2C)CS1. The molecule has 0 spiro atoms. The van der Waals surface area contributed by atoms with Gasteiger partial charge >= 0.3 is 5.97 Å². The Balaban J connectivity index is 1.48. The number of aliphatic hydroxyl groups is 1. The number of aliphatic carboxylic acids is 1. The summed E-state index contributed by atoms with van der Waals surface area (Å²) in [6.07, 6.45) is 3.66. The van der Waals surface area contributed by atoms with Crippen molar-refractivity contribution < 1.29 is 20.1 Å². The van der Waals surface area contributed by atoms with Gasteiger partial charge in [-0.25, -0.2) is 4.79 Å². The number of benzene rings is 1. The number of thioether (sulfide) groups is 3. The molecule has 0 radical (unpaired) electrons. The van der Waals surface area contributed by atoms with Crippen molar-refractivity contribution in [3.05, 3.63) is 29.3 Å². The number of nitrogens with zero attached hydrogens (tertiary/aromatic N) is 3. The summed E-state index contributed by atoms with van der Waals surface area (Å²) in [5.74, 6) is 1.36. The molecule has 1 saturated heterocycles. The first kappa shape index (κ1) is 28.8. The molecule has 7 nitrogen and oxygen atoms in total. The van der Waals surface area contributed by atoms with E-state index in [2.05, 4.69) is 22.9 Å². The third-order valence-corrected chi connectivity index (χ3v) is 11.9. The first-order valence-electron chi connectivity index (χ1n) is 13.0. The summed E-state index contributed by atoms with van der Waals surface area (Å²) in [5.41, 5.74) is 0.243. The zero-order chi connectivity index (χ0) is 27.0. The van der Waals surface area contributed by atoms with Crippen LogP contribution in [0.15, 0.2) is 28.2 Å². The fraction of sp³-hybridized carbons (Fsp3) is 0.667. The number of aliphatic hydroxyl groups excluding tert-OH is 1. The fourth-order valence-corrected chi connectivity index (χ4v) is 9.39. The minimum absolute atomic E-state index is 0.0620. The summed E-state index contributed by atoms with van der Waals surface area (Å²) in [5, 5.41) is 33.5. The average Bonchev–Trinajstić information content (AvgIpc) is 3.58. The number of phenolic OH excluding ortho intramolecular Hbond substituents is 1. The standard InChI is InChI=1S/C27H39N3O4S3/c1-6-7-8-10-16-11-9-12-19(31)20(16)22-28-17(13-35-22)23-30(5)18(14-36-23)21(32)26(2,3)24-29-27(4,15-37-24)25(33)34/h9,11-12,17-18,21,23,31-32H,6-8,10,13-15H2,1-5H3,(H,33,34)/t17-,18+,21-,23?,27-/m1/s1. The highest BCUT2D eigenvalue weighted by atomic mass is 32.2. The van der Waals surface area contributed by atoms with Crippen molar-refractivity contribution in [3.63, 3.8) is 0 Å². The van der Waals surface area contributed by atoms with Crippen LogP contribution in [0.25, 0.3) is 0 Å². The van der Waals surface area contributed by atoms with Crippen LogP contribution in [0.1, 0.15) is 58.1 Å². The highest BCUT2D eigenvalue weighted by molar-refractivity contribution is 8.15. The van der Waals surface area contributed by atoms with E-state index >= 15 is 0 Å². The van der Waals surface area contributed by atoms with E-state index in [1.807, 2.05) is 38.7 Å². The van der Waals surface area contributed by atoms with Gasteiger partial charge in [-0.15, -0.1) is 35.3 Å². The summed E-state index contributed by atoms with van der Waals surface area (Å²) in [7, 11) is 2.05. The van der Waals surface area contributed by atoms with E-state index < -0.39 is 23.0 Å². The lowest BCUT2D eigenvalue weighted by molar-refractivity contribution is -0.141. The Labute approximate surface area is 233 Å². The van der Waals surface area contributed by atoms with E-state index in [0.717, 1.165) is 46.9 Å². The first-order valence-corrected chi connectivity index (χ1v) is 16.0. The van der Waals surface area contributed by atoms with Crippen molar-refractivity contribution in [2.24, 2.45) is 15.4 Å². The molecular formula is C27H39N3O4S3. The molecule has 0 aliphatic carbocycles. The molecule has 1 fully saturated rings. The molecule has 0 amide bonds. The van der Waals surface area contributed by atoms with Gasteiger partial charge in [0.2, 0.25) is 0 Å². The maximum atomic E-state index is 11.7. The Morgan fingerprint density at radius 2 is 2.03 bits per heavy atom.